The SMILES string of the molecule is CCCCN(CCCC)CCCNC(C)CC/C=C(\C)CCC=C(C)C. The molecular weight excluding hydrogens is 316 g/mol. The zero-order valence-electron chi connectivity index (χ0n) is 18.9. The third kappa shape index (κ3) is 16.8. The van der Waals surface area contributed by atoms with E-state index in [-0.39, 0.29) is 0 Å². The smallest absolute Gasteiger partial charge is 0.00416 e. The van der Waals surface area contributed by atoms with E-state index in [0.29, 0.717) is 6.04 Å². The highest BCUT2D eigenvalue weighted by Crippen LogP contribution is 2.09. The summed E-state index contributed by atoms with van der Waals surface area (Å²) < 4.78 is 0. The maximum Gasteiger partial charge on any atom is 0.00416 e. The molecule has 0 aromatic rings. The van der Waals surface area contributed by atoms with E-state index in [0.717, 1.165) is 6.54 Å². The minimum atomic E-state index is 0.622. The van der Waals surface area contributed by atoms with Gasteiger partial charge in [-0.1, -0.05) is 50.0 Å². The monoisotopic (exact) mass is 364 g/mol. The van der Waals surface area contributed by atoms with Crippen molar-refractivity contribution in [2.75, 3.05) is 26.2 Å². The number of hydrogen-bond donors (Lipinski definition) is 1. The Morgan fingerprint density at radius 2 is 1.50 bits per heavy atom. The molecule has 0 amide bonds. The van der Waals surface area contributed by atoms with Gasteiger partial charge in [-0.3, -0.25) is 0 Å². The van der Waals surface area contributed by atoms with Crippen molar-refractivity contribution in [3.8, 4) is 0 Å². The topological polar surface area (TPSA) is 15.3 Å². The van der Waals surface area contributed by atoms with Crippen LogP contribution in [0, 0.1) is 0 Å². The molecule has 1 unspecified atom stereocenters. The summed E-state index contributed by atoms with van der Waals surface area (Å²) >= 11 is 0. The summed E-state index contributed by atoms with van der Waals surface area (Å²) in [4.78, 5) is 2.66. The van der Waals surface area contributed by atoms with E-state index in [9.17, 15) is 0 Å². The fraction of sp³-hybridized carbons (Fsp3) is 0.833. The lowest BCUT2D eigenvalue weighted by molar-refractivity contribution is 0.259. The summed E-state index contributed by atoms with van der Waals surface area (Å²) in [5, 5.41) is 3.72. The maximum absolute atomic E-state index is 3.72. The Kier molecular flexibility index (Phi) is 17.4. The van der Waals surface area contributed by atoms with Crippen LogP contribution in [0.4, 0.5) is 0 Å². The molecule has 0 aliphatic carbocycles. The quantitative estimate of drug-likeness (QED) is 0.227. The van der Waals surface area contributed by atoms with Crippen LogP contribution in [-0.4, -0.2) is 37.1 Å². The number of hydrogen-bond acceptors (Lipinski definition) is 2. The molecule has 2 heteroatoms. The fourth-order valence-corrected chi connectivity index (χ4v) is 3.12. The molecule has 0 radical (unpaired) electrons. The van der Waals surface area contributed by atoms with Gasteiger partial charge in [0.25, 0.3) is 0 Å². The number of rotatable bonds is 17. The van der Waals surface area contributed by atoms with Crippen molar-refractivity contribution in [3.05, 3.63) is 23.3 Å². The molecule has 1 N–H and O–H groups in total. The van der Waals surface area contributed by atoms with E-state index in [2.05, 4.69) is 63.9 Å². The van der Waals surface area contributed by atoms with Crippen molar-refractivity contribution < 1.29 is 0 Å². The molecule has 2 nitrogen and oxygen atoms in total. The number of nitrogens with zero attached hydrogens (tertiary/aromatic N) is 1. The minimum absolute atomic E-state index is 0.622. The van der Waals surface area contributed by atoms with Gasteiger partial charge in [-0.15, -0.1) is 0 Å². The summed E-state index contributed by atoms with van der Waals surface area (Å²) in [5.74, 6) is 0. The van der Waals surface area contributed by atoms with Crippen LogP contribution in [-0.2, 0) is 0 Å². The second-order valence-electron chi connectivity index (χ2n) is 8.21. The Hall–Kier alpha value is -0.600. The van der Waals surface area contributed by atoms with Gasteiger partial charge >= 0.3 is 0 Å². The number of unbranched alkanes of at least 4 members (excludes halogenated alkanes) is 2. The molecule has 154 valence electrons. The average Bonchev–Trinajstić information content (AvgIpc) is 2.59. The fourth-order valence-electron chi connectivity index (χ4n) is 3.12. The standard InChI is InChI=1S/C24H48N2/c1-7-9-19-26(20-10-8-2)21-13-18-25-24(6)17-12-16-23(5)15-11-14-22(3)4/h14,16,24-25H,7-13,15,17-21H2,1-6H3/b23-16+. The molecule has 0 aromatic carbocycles. The zero-order valence-corrected chi connectivity index (χ0v) is 18.9. The average molecular weight is 365 g/mol. The highest BCUT2D eigenvalue weighted by atomic mass is 15.1. The van der Waals surface area contributed by atoms with Crippen molar-refractivity contribution in [1.82, 2.24) is 10.2 Å². The van der Waals surface area contributed by atoms with Gasteiger partial charge in [0.1, 0.15) is 0 Å². The largest absolute Gasteiger partial charge is 0.314 e. The Balaban J connectivity index is 3.82. The van der Waals surface area contributed by atoms with Gasteiger partial charge in [-0.05, 0) is 98.8 Å². The summed E-state index contributed by atoms with van der Waals surface area (Å²) in [5.41, 5.74) is 2.97. The molecular formula is C24H48N2. The number of allylic oxidation sites excluding steroid dienone is 4. The molecule has 0 spiro atoms. The zero-order chi connectivity index (χ0) is 19.6. The van der Waals surface area contributed by atoms with Crippen LogP contribution in [0.2, 0.25) is 0 Å². The van der Waals surface area contributed by atoms with E-state index in [1.807, 2.05) is 0 Å². The normalized spacial score (nSPS) is 13.3. The Morgan fingerprint density at radius 1 is 0.885 bits per heavy atom. The van der Waals surface area contributed by atoms with Crippen LogP contribution in [0.1, 0.15) is 99.3 Å². The molecule has 1 atom stereocenters. The third-order valence-electron chi connectivity index (χ3n) is 4.98. The molecule has 0 bridgehead atoms. The Bertz CT molecular complexity index is 358. The molecule has 0 heterocycles. The van der Waals surface area contributed by atoms with Crippen molar-refractivity contribution in [3.63, 3.8) is 0 Å². The summed E-state index contributed by atoms with van der Waals surface area (Å²) in [6.45, 7) is 18.5. The molecule has 0 fully saturated rings. The molecule has 0 saturated carbocycles. The van der Waals surface area contributed by atoms with Gasteiger partial charge < -0.3 is 10.2 Å². The van der Waals surface area contributed by atoms with Gasteiger partial charge in [-0.25, -0.2) is 0 Å². The van der Waals surface area contributed by atoms with Crippen LogP contribution in [0.25, 0.3) is 0 Å². The summed E-state index contributed by atoms with van der Waals surface area (Å²) in [7, 11) is 0. The first kappa shape index (κ1) is 25.4. The lowest BCUT2D eigenvalue weighted by Crippen LogP contribution is -2.32. The molecule has 0 rings (SSSR count). The van der Waals surface area contributed by atoms with E-state index >= 15 is 0 Å². The first-order valence-corrected chi connectivity index (χ1v) is 11.2. The Morgan fingerprint density at radius 3 is 2.08 bits per heavy atom. The third-order valence-corrected chi connectivity index (χ3v) is 4.98. The van der Waals surface area contributed by atoms with Crippen LogP contribution in [0.3, 0.4) is 0 Å². The lowest BCUT2D eigenvalue weighted by Gasteiger charge is -2.22. The molecule has 0 aliphatic rings. The van der Waals surface area contributed by atoms with Gasteiger partial charge in [-0.2, -0.15) is 0 Å². The first-order chi connectivity index (χ1) is 12.5. The van der Waals surface area contributed by atoms with Crippen LogP contribution >= 0.6 is 0 Å². The van der Waals surface area contributed by atoms with E-state index < -0.39 is 0 Å². The Labute approximate surface area is 165 Å². The van der Waals surface area contributed by atoms with Gasteiger partial charge in [0.2, 0.25) is 0 Å². The molecule has 26 heavy (non-hydrogen) atoms. The highest BCUT2D eigenvalue weighted by Gasteiger charge is 2.05. The molecule has 0 aliphatic heterocycles. The number of nitrogens with one attached hydrogen (secondary N) is 1. The van der Waals surface area contributed by atoms with Gasteiger partial charge in [0.15, 0.2) is 0 Å². The van der Waals surface area contributed by atoms with Crippen LogP contribution in [0.15, 0.2) is 23.3 Å². The maximum atomic E-state index is 3.72. The summed E-state index contributed by atoms with van der Waals surface area (Å²) in [6.07, 6.45) is 16.2. The van der Waals surface area contributed by atoms with Crippen LogP contribution < -0.4 is 5.32 Å². The first-order valence-electron chi connectivity index (χ1n) is 11.2. The second-order valence-corrected chi connectivity index (χ2v) is 8.21. The van der Waals surface area contributed by atoms with Crippen molar-refractivity contribution in [2.24, 2.45) is 0 Å². The molecule has 0 saturated heterocycles. The van der Waals surface area contributed by atoms with Crippen molar-refractivity contribution in [2.45, 2.75) is 105 Å². The second kappa shape index (κ2) is 17.8. The van der Waals surface area contributed by atoms with E-state index in [1.165, 1.54) is 88.6 Å². The highest BCUT2D eigenvalue weighted by molar-refractivity contribution is 5.02. The van der Waals surface area contributed by atoms with E-state index in [1.54, 1.807) is 0 Å². The van der Waals surface area contributed by atoms with Gasteiger partial charge in [0, 0.05) is 6.04 Å². The predicted molar refractivity (Wildman–Crippen MR) is 120 cm³/mol. The van der Waals surface area contributed by atoms with Gasteiger partial charge in [0.05, 0.1) is 0 Å². The van der Waals surface area contributed by atoms with E-state index in [4.69, 9.17) is 0 Å². The predicted octanol–water partition coefficient (Wildman–Crippen LogP) is 6.73. The van der Waals surface area contributed by atoms with Crippen LogP contribution in [0.5, 0.6) is 0 Å². The summed E-state index contributed by atoms with van der Waals surface area (Å²) in [6, 6.07) is 0.622. The minimum Gasteiger partial charge on any atom is -0.314 e. The lowest BCUT2D eigenvalue weighted by atomic mass is 10.1. The molecule has 0 aromatic heterocycles. The van der Waals surface area contributed by atoms with Crippen molar-refractivity contribution in [1.29, 1.82) is 0 Å². The van der Waals surface area contributed by atoms with Crippen molar-refractivity contribution >= 4 is 0 Å².